The molecule has 0 saturated heterocycles. The molecule has 3 amide bonds. The second-order valence-electron chi connectivity index (χ2n) is 12.2. The molecule has 13 nitrogen and oxygen atoms in total. The molecule has 0 saturated carbocycles. The molecule has 49 heavy (non-hydrogen) atoms. The third kappa shape index (κ3) is 14.2. The monoisotopic (exact) mass is 704 g/mol. The topological polar surface area (TPSA) is 209 Å². The lowest BCUT2D eigenvalue weighted by atomic mass is 10.0. The average Bonchev–Trinajstić information content (AvgIpc) is 3.07. The predicted octanol–water partition coefficient (Wildman–Crippen LogP) is 1.88. The van der Waals surface area contributed by atoms with Gasteiger partial charge in [-0.15, -0.1) is 0 Å². The minimum Gasteiger partial charge on any atom is -0.508 e. The average molecular weight is 705 g/mol. The van der Waals surface area contributed by atoms with Crippen molar-refractivity contribution in [2.45, 2.75) is 95.0 Å². The third-order valence-electron chi connectivity index (χ3n) is 8.32. The van der Waals surface area contributed by atoms with Gasteiger partial charge in [-0.1, -0.05) is 63.3 Å². The molecule has 2 aromatic rings. The Morgan fingerprint density at radius 2 is 1.43 bits per heavy atom. The number of rotatable bonds is 22. The maximum absolute atomic E-state index is 13.8. The molecule has 0 aliphatic carbocycles. The first-order chi connectivity index (χ1) is 23.3. The number of carbonyl (C=O) groups excluding carboxylic acids is 3. The molecule has 0 heterocycles. The van der Waals surface area contributed by atoms with Crippen molar-refractivity contribution in [3.8, 4) is 11.5 Å². The number of methoxy groups -OCH3 is 1. The van der Waals surface area contributed by atoms with Crippen molar-refractivity contribution < 1.29 is 43.4 Å². The first-order valence-corrected chi connectivity index (χ1v) is 18.2. The normalized spacial score (nSPS) is 14.8. The number of benzene rings is 2. The number of carboxylic acid groups (broad SMARTS) is 1. The molecule has 0 unspecified atom stereocenters. The zero-order chi connectivity index (χ0) is 36.5. The number of aliphatic hydroxyl groups is 1. The quantitative estimate of drug-likeness (QED) is 0.0981. The molecule has 2 rings (SSSR count). The molecule has 0 aliphatic heterocycles. The molecule has 2 aromatic carbocycles. The number of phenols is 1. The highest BCUT2D eigenvalue weighted by atomic mass is 32.2. The number of nitrogens with one attached hydrogen (secondary N) is 2. The van der Waals surface area contributed by atoms with E-state index in [4.69, 9.17) is 10.5 Å². The maximum atomic E-state index is 13.8. The van der Waals surface area contributed by atoms with Crippen molar-refractivity contribution in [3.63, 3.8) is 0 Å². The number of carbonyl (C=O) groups is 4. The Kier molecular flexibility index (Phi) is 17.8. The number of carboxylic acids is 1. The van der Waals surface area contributed by atoms with Gasteiger partial charge in [0.1, 0.15) is 35.7 Å². The number of ether oxygens (including phenoxy) is 1. The first kappa shape index (κ1) is 41.2. The Hall–Kier alpha value is -4.01. The minimum absolute atomic E-state index is 0.00953. The summed E-state index contributed by atoms with van der Waals surface area (Å²) in [7, 11) is 1.51. The van der Waals surface area contributed by atoms with Crippen LogP contribution in [0.2, 0.25) is 0 Å². The second kappa shape index (κ2) is 21.2. The van der Waals surface area contributed by atoms with Crippen molar-refractivity contribution in [1.29, 1.82) is 0 Å². The number of nitrogens with zero attached hydrogens (tertiary/aromatic N) is 1. The van der Waals surface area contributed by atoms with E-state index >= 15 is 0 Å². The van der Waals surface area contributed by atoms with Gasteiger partial charge in [0.05, 0.1) is 7.11 Å². The van der Waals surface area contributed by atoms with Gasteiger partial charge in [0.2, 0.25) is 11.8 Å². The number of hydrogen-bond acceptors (Lipinski definition) is 9. The number of amides is 3. The van der Waals surface area contributed by atoms with Crippen LogP contribution in [-0.2, 0) is 42.8 Å². The molecule has 272 valence electrons. The lowest BCUT2D eigenvalue weighted by molar-refractivity contribution is -0.147. The molecule has 0 fully saturated rings. The summed E-state index contributed by atoms with van der Waals surface area (Å²) in [6, 6.07) is 7.90. The van der Waals surface area contributed by atoms with E-state index in [9.17, 15) is 38.7 Å². The molecule has 0 radical (unpaired) electrons. The van der Waals surface area contributed by atoms with Gasteiger partial charge in [-0.2, -0.15) is 0 Å². The van der Waals surface area contributed by atoms with Crippen LogP contribution in [-0.4, -0.2) is 105 Å². The van der Waals surface area contributed by atoms with Crippen molar-refractivity contribution >= 4 is 34.5 Å². The highest BCUT2D eigenvalue weighted by Gasteiger charge is 2.35. The van der Waals surface area contributed by atoms with E-state index in [0.717, 1.165) is 37.0 Å². The highest BCUT2D eigenvalue weighted by molar-refractivity contribution is 7.84. The van der Waals surface area contributed by atoms with E-state index in [2.05, 4.69) is 17.6 Å². The summed E-state index contributed by atoms with van der Waals surface area (Å²) in [4.78, 5) is 54.1. The van der Waals surface area contributed by atoms with Crippen molar-refractivity contribution in [2.24, 2.45) is 5.73 Å². The van der Waals surface area contributed by atoms with Crippen LogP contribution in [0.3, 0.4) is 0 Å². The van der Waals surface area contributed by atoms with Gasteiger partial charge in [-0.3, -0.25) is 18.6 Å². The summed E-state index contributed by atoms with van der Waals surface area (Å²) >= 11 is 0. The lowest BCUT2D eigenvalue weighted by Gasteiger charge is -2.32. The Balaban J connectivity index is 2.29. The van der Waals surface area contributed by atoms with Gasteiger partial charge in [-0.05, 0) is 48.2 Å². The molecule has 7 N–H and O–H groups in total. The lowest BCUT2D eigenvalue weighted by Crippen LogP contribution is -2.58. The Morgan fingerprint density at radius 3 is 1.98 bits per heavy atom. The van der Waals surface area contributed by atoms with Crippen LogP contribution in [0.5, 0.6) is 11.5 Å². The summed E-state index contributed by atoms with van der Waals surface area (Å²) in [5.74, 6) is -3.01. The van der Waals surface area contributed by atoms with Gasteiger partial charge in [0.15, 0.2) is 0 Å². The fourth-order valence-corrected chi connectivity index (χ4v) is 5.83. The Morgan fingerprint density at radius 1 is 0.878 bits per heavy atom. The van der Waals surface area contributed by atoms with Gasteiger partial charge >= 0.3 is 5.97 Å². The molecule has 0 aliphatic rings. The number of phenolic OH excluding ortho intramolecular Hbond substituents is 1. The highest BCUT2D eigenvalue weighted by Crippen LogP contribution is 2.16. The molecule has 14 heteroatoms. The SMILES string of the molecule is CCCCCCC[C@H](N)[C@H](O)C(=O)N(C)[C@@H](CC[S@](C)=O)C(=O)N[C@@H](Cc1ccc(O)cc1)C(=O)N[C@@H](Cc1ccc(OC)cc1)C(=O)O. The van der Waals surface area contributed by atoms with Crippen LogP contribution < -0.4 is 21.1 Å². The number of aliphatic carboxylic acids is 1. The van der Waals surface area contributed by atoms with E-state index < -0.39 is 64.8 Å². The van der Waals surface area contributed by atoms with Gasteiger partial charge in [0, 0.05) is 48.7 Å². The second-order valence-corrected chi connectivity index (χ2v) is 13.8. The fraction of sp³-hybridized carbons (Fsp3) is 0.543. The van der Waals surface area contributed by atoms with E-state index in [1.807, 2.05) is 0 Å². The van der Waals surface area contributed by atoms with Crippen LogP contribution >= 0.6 is 0 Å². The standard InChI is InChI=1S/C35H52N4O9S/c1-5-6-7-8-9-10-27(36)31(41)34(44)39(2)30(19-20-49(4)47)33(43)37-28(21-23-11-15-25(40)16-12-23)32(42)38-29(35(45)46)22-24-13-17-26(48-3)18-14-24/h11-18,27-31,40-41H,5-10,19-22,36H2,1-4H3,(H,37,43)(H,38,42)(H,45,46)/t27-,28-,29-,30-,31-,49-/m0/s1. The number of aliphatic hydroxyl groups excluding tert-OH is 1. The van der Waals surface area contributed by atoms with E-state index in [-0.39, 0.29) is 30.8 Å². The summed E-state index contributed by atoms with van der Waals surface area (Å²) in [6.07, 6.45) is 4.95. The Bertz CT molecular complexity index is 1370. The van der Waals surface area contributed by atoms with Crippen LogP contribution in [0.15, 0.2) is 48.5 Å². The van der Waals surface area contributed by atoms with Crippen LogP contribution in [0.4, 0.5) is 0 Å². The fourth-order valence-electron chi connectivity index (χ4n) is 5.28. The number of hydrogen-bond donors (Lipinski definition) is 6. The van der Waals surface area contributed by atoms with E-state index in [0.29, 0.717) is 23.3 Å². The molecule has 0 aromatic heterocycles. The number of nitrogens with two attached hydrogens (primary N) is 1. The summed E-state index contributed by atoms with van der Waals surface area (Å²) in [6.45, 7) is 2.10. The van der Waals surface area contributed by atoms with Crippen molar-refractivity contribution in [3.05, 3.63) is 59.7 Å². The molecule has 6 atom stereocenters. The largest absolute Gasteiger partial charge is 0.508 e. The Labute approximate surface area is 291 Å². The van der Waals surface area contributed by atoms with Crippen LogP contribution in [0.1, 0.15) is 63.0 Å². The van der Waals surface area contributed by atoms with Gasteiger partial charge in [0.25, 0.3) is 5.91 Å². The zero-order valence-corrected chi connectivity index (χ0v) is 29.6. The molecular formula is C35H52N4O9S. The van der Waals surface area contributed by atoms with Crippen molar-refractivity contribution in [1.82, 2.24) is 15.5 Å². The maximum Gasteiger partial charge on any atom is 0.326 e. The summed E-state index contributed by atoms with van der Waals surface area (Å²) in [5, 5.41) is 35.7. The van der Waals surface area contributed by atoms with Gasteiger partial charge in [-0.25, -0.2) is 4.79 Å². The van der Waals surface area contributed by atoms with Crippen molar-refractivity contribution in [2.75, 3.05) is 26.2 Å². The number of likely N-dealkylation sites (N-methyl/N-ethyl adjacent to an activating group) is 1. The summed E-state index contributed by atoms with van der Waals surface area (Å²) in [5.41, 5.74) is 7.33. The van der Waals surface area contributed by atoms with Crippen LogP contribution in [0, 0.1) is 0 Å². The smallest absolute Gasteiger partial charge is 0.326 e. The van der Waals surface area contributed by atoms with E-state index in [1.165, 1.54) is 32.5 Å². The first-order valence-electron chi connectivity index (χ1n) is 16.5. The molecule has 0 bridgehead atoms. The summed E-state index contributed by atoms with van der Waals surface area (Å²) < 4.78 is 17.2. The number of aromatic hydroxyl groups is 1. The van der Waals surface area contributed by atoms with E-state index in [1.54, 1.807) is 36.4 Å². The van der Waals surface area contributed by atoms with Crippen LogP contribution in [0.25, 0.3) is 0 Å². The van der Waals surface area contributed by atoms with Gasteiger partial charge < -0.3 is 41.3 Å². The predicted molar refractivity (Wildman–Crippen MR) is 187 cm³/mol. The minimum atomic E-state index is -1.58. The molecule has 0 spiro atoms. The number of unbranched alkanes of at least 4 members (excludes halogenated alkanes) is 4. The molecular weight excluding hydrogens is 652 g/mol. The zero-order valence-electron chi connectivity index (χ0n) is 28.8. The third-order valence-corrected chi connectivity index (χ3v) is 9.13.